The predicted octanol–water partition coefficient (Wildman–Crippen LogP) is 3.98. The van der Waals surface area contributed by atoms with E-state index in [-0.39, 0.29) is 35.1 Å². The van der Waals surface area contributed by atoms with Crippen LogP contribution in [0.2, 0.25) is 0 Å². The van der Waals surface area contributed by atoms with Crippen molar-refractivity contribution in [3.05, 3.63) is 23.8 Å². The van der Waals surface area contributed by atoms with E-state index >= 15 is 0 Å². The highest BCUT2D eigenvalue weighted by molar-refractivity contribution is 5.94. The summed E-state index contributed by atoms with van der Waals surface area (Å²) in [5.41, 5.74) is 0.216. The highest BCUT2D eigenvalue weighted by Crippen LogP contribution is 2.59. The maximum atomic E-state index is 12.9. The van der Waals surface area contributed by atoms with Crippen LogP contribution in [0.4, 0.5) is 0 Å². The Labute approximate surface area is 156 Å². The average molecular weight is 360 g/mol. The normalized spacial score (nSPS) is 42.2. The predicted molar refractivity (Wildman–Crippen MR) is 100 cm³/mol. The van der Waals surface area contributed by atoms with Crippen molar-refractivity contribution in [1.82, 2.24) is 0 Å². The number of rotatable bonds is 1. The molecule has 0 saturated heterocycles. The molecule has 0 aromatic heterocycles. The van der Waals surface area contributed by atoms with Crippen molar-refractivity contribution in [1.29, 1.82) is 0 Å². The van der Waals surface area contributed by atoms with E-state index in [1.807, 2.05) is 20.8 Å². The van der Waals surface area contributed by atoms with Crippen LogP contribution in [-0.2, 0) is 14.3 Å². The first-order chi connectivity index (χ1) is 11.9. The van der Waals surface area contributed by atoms with Crippen LogP contribution >= 0.6 is 0 Å². The van der Waals surface area contributed by atoms with E-state index in [0.717, 1.165) is 30.4 Å². The number of hydrogen-bond acceptors (Lipinski definition) is 4. The second kappa shape index (κ2) is 6.05. The van der Waals surface area contributed by atoms with Gasteiger partial charge in [-0.05, 0) is 67.6 Å². The van der Waals surface area contributed by atoms with Gasteiger partial charge in [0.05, 0.1) is 5.60 Å². The summed E-state index contributed by atoms with van der Waals surface area (Å²) in [6, 6.07) is 0. The molecule has 3 rings (SSSR count). The lowest BCUT2D eigenvalue weighted by molar-refractivity contribution is -0.152. The minimum Gasteiger partial charge on any atom is -0.458 e. The second-order valence-electron chi connectivity index (χ2n) is 9.52. The van der Waals surface area contributed by atoms with Crippen molar-refractivity contribution < 1.29 is 19.4 Å². The lowest BCUT2D eigenvalue weighted by Gasteiger charge is -2.57. The summed E-state index contributed by atoms with van der Waals surface area (Å²) in [5.74, 6) is -0.324. The van der Waals surface area contributed by atoms with Crippen LogP contribution in [0, 0.1) is 22.7 Å². The molecule has 1 N–H and O–H groups in total. The highest BCUT2D eigenvalue weighted by Gasteiger charge is 2.58. The van der Waals surface area contributed by atoms with Crippen molar-refractivity contribution >= 4 is 11.8 Å². The lowest BCUT2D eigenvalue weighted by Crippen LogP contribution is -2.58. The zero-order valence-electron chi connectivity index (χ0n) is 16.7. The third-order valence-corrected chi connectivity index (χ3v) is 7.81. The minimum atomic E-state index is -0.951. The maximum Gasteiger partial charge on any atom is 0.303 e. The number of esters is 1. The van der Waals surface area contributed by atoms with Gasteiger partial charge in [0.15, 0.2) is 5.78 Å². The summed E-state index contributed by atoms with van der Waals surface area (Å²) in [7, 11) is 0. The van der Waals surface area contributed by atoms with Crippen molar-refractivity contribution in [2.24, 2.45) is 22.7 Å². The molecule has 3 aliphatic rings. The van der Waals surface area contributed by atoms with Gasteiger partial charge in [0.1, 0.15) is 6.10 Å². The molecule has 0 unspecified atom stereocenters. The van der Waals surface area contributed by atoms with Gasteiger partial charge in [-0.2, -0.15) is 0 Å². The van der Waals surface area contributed by atoms with E-state index < -0.39 is 11.0 Å². The standard InChI is InChI=1S/C22H32O4/c1-13-11-18(24)17-12-16-14(2)19(26-15(3)23)7-8-21(16,6)9-10-22(13,25)20(17,4)5/h11,16-17,19,25H,2,7-10,12H2,1,3-6H3/t16-,17-,19+,21+,22-/m0/s1. The van der Waals surface area contributed by atoms with Crippen molar-refractivity contribution in [2.75, 3.05) is 0 Å². The molecule has 2 fully saturated rings. The van der Waals surface area contributed by atoms with Gasteiger partial charge in [0.2, 0.25) is 0 Å². The number of carbonyl (C=O) groups is 2. The van der Waals surface area contributed by atoms with Crippen LogP contribution in [0.15, 0.2) is 23.8 Å². The molecule has 2 saturated carbocycles. The van der Waals surface area contributed by atoms with Gasteiger partial charge in [-0.25, -0.2) is 0 Å². The fourth-order valence-corrected chi connectivity index (χ4v) is 5.78. The first kappa shape index (κ1) is 19.3. The molecule has 0 aliphatic heterocycles. The molecule has 0 radical (unpaired) electrons. The lowest BCUT2D eigenvalue weighted by atomic mass is 9.49. The van der Waals surface area contributed by atoms with Gasteiger partial charge in [0.25, 0.3) is 0 Å². The Morgan fingerprint density at radius 2 is 1.88 bits per heavy atom. The smallest absolute Gasteiger partial charge is 0.303 e. The Balaban J connectivity index is 2.02. The van der Waals surface area contributed by atoms with E-state index in [4.69, 9.17) is 4.74 Å². The second-order valence-corrected chi connectivity index (χ2v) is 9.52. The zero-order valence-corrected chi connectivity index (χ0v) is 16.7. The van der Waals surface area contributed by atoms with Crippen molar-refractivity contribution in [3.8, 4) is 0 Å². The summed E-state index contributed by atoms with van der Waals surface area (Å²) in [4.78, 5) is 24.3. The Kier molecular flexibility index (Phi) is 4.50. The first-order valence-corrected chi connectivity index (χ1v) is 9.73. The molecule has 144 valence electrons. The highest BCUT2D eigenvalue weighted by atomic mass is 16.5. The van der Waals surface area contributed by atoms with Crippen LogP contribution in [0.5, 0.6) is 0 Å². The van der Waals surface area contributed by atoms with E-state index in [0.29, 0.717) is 12.8 Å². The first-order valence-electron chi connectivity index (χ1n) is 9.73. The van der Waals surface area contributed by atoms with E-state index in [1.54, 1.807) is 6.08 Å². The molecular formula is C22H32O4. The van der Waals surface area contributed by atoms with Gasteiger partial charge >= 0.3 is 5.97 Å². The number of hydrogen-bond donors (Lipinski definition) is 1. The summed E-state index contributed by atoms with van der Waals surface area (Å²) in [6.07, 6.45) is 5.23. The number of ether oxygens (including phenoxy) is 1. The Bertz CT molecular complexity index is 688. The van der Waals surface area contributed by atoms with Crippen molar-refractivity contribution in [3.63, 3.8) is 0 Å². The number of allylic oxidation sites excluding steroid dienone is 1. The zero-order chi connectivity index (χ0) is 19.5. The number of ketones is 1. The number of fused-ring (bicyclic) bond motifs is 3. The Morgan fingerprint density at radius 3 is 2.50 bits per heavy atom. The molecule has 4 nitrogen and oxygen atoms in total. The molecule has 0 spiro atoms. The largest absolute Gasteiger partial charge is 0.458 e. The summed E-state index contributed by atoms with van der Waals surface area (Å²) < 4.78 is 5.50. The third kappa shape index (κ3) is 2.69. The molecular weight excluding hydrogens is 328 g/mol. The fraction of sp³-hybridized carbons (Fsp3) is 0.727. The SMILES string of the molecule is C=C1[C@H](OC(C)=O)CC[C@]2(C)CC[C@]3(O)C(C)=CC(=O)[C@H](C[C@@H]12)C3(C)C. The van der Waals surface area contributed by atoms with E-state index in [2.05, 4.69) is 13.5 Å². The van der Waals surface area contributed by atoms with Crippen molar-refractivity contribution in [2.45, 2.75) is 78.4 Å². The molecule has 0 amide bonds. The van der Waals surface area contributed by atoms with Crippen LogP contribution in [0.25, 0.3) is 0 Å². The molecule has 26 heavy (non-hydrogen) atoms. The van der Waals surface area contributed by atoms with Crippen LogP contribution in [0.1, 0.15) is 66.7 Å². The van der Waals surface area contributed by atoms with Crippen LogP contribution in [0.3, 0.4) is 0 Å². The van der Waals surface area contributed by atoms with Crippen LogP contribution in [-0.4, -0.2) is 28.6 Å². The molecule has 5 atom stereocenters. The third-order valence-electron chi connectivity index (χ3n) is 7.81. The van der Waals surface area contributed by atoms with E-state index in [1.165, 1.54) is 6.92 Å². The van der Waals surface area contributed by atoms with Gasteiger partial charge in [0, 0.05) is 18.3 Å². The molecule has 3 aliphatic carbocycles. The molecule has 0 aromatic rings. The summed E-state index contributed by atoms with van der Waals surface area (Å²) in [5, 5.41) is 11.6. The number of carbonyl (C=O) groups excluding carboxylic acids is 2. The quantitative estimate of drug-likeness (QED) is 0.567. The number of aliphatic hydroxyl groups is 1. The summed E-state index contributed by atoms with van der Waals surface area (Å²) in [6.45, 7) is 13.9. The molecule has 0 aromatic carbocycles. The van der Waals surface area contributed by atoms with Gasteiger partial charge < -0.3 is 9.84 Å². The van der Waals surface area contributed by atoms with Gasteiger partial charge in [-0.15, -0.1) is 0 Å². The fourth-order valence-electron chi connectivity index (χ4n) is 5.78. The monoisotopic (exact) mass is 360 g/mol. The maximum absolute atomic E-state index is 12.9. The van der Waals surface area contributed by atoms with E-state index in [9.17, 15) is 14.7 Å². The Morgan fingerprint density at radius 1 is 1.23 bits per heavy atom. The Hall–Kier alpha value is -1.42. The van der Waals surface area contributed by atoms with Gasteiger partial charge in [-0.3, -0.25) is 9.59 Å². The molecule has 4 heteroatoms. The molecule has 2 bridgehead atoms. The summed E-state index contributed by atoms with van der Waals surface area (Å²) >= 11 is 0. The topological polar surface area (TPSA) is 63.6 Å². The molecule has 0 heterocycles. The van der Waals surface area contributed by atoms with Crippen LogP contribution < -0.4 is 0 Å². The average Bonchev–Trinajstić information content (AvgIpc) is 2.52. The van der Waals surface area contributed by atoms with Gasteiger partial charge in [-0.1, -0.05) is 27.4 Å². The minimum absolute atomic E-state index is 0.0334.